The van der Waals surface area contributed by atoms with Gasteiger partial charge in [-0.1, -0.05) is 0 Å². The molecule has 3 rings (SSSR count). The fourth-order valence-corrected chi connectivity index (χ4v) is 3.35. The lowest BCUT2D eigenvalue weighted by molar-refractivity contribution is -0.0464. The second kappa shape index (κ2) is 9.33. The van der Waals surface area contributed by atoms with E-state index in [0.717, 1.165) is 4.57 Å². The van der Waals surface area contributed by atoms with Crippen molar-refractivity contribution in [3.8, 4) is 0 Å². The maximum Gasteiger partial charge on any atom is 0.333 e. The van der Waals surface area contributed by atoms with Gasteiger partial charge in [-0.05, 0) is 37.6 Å². The molecule has 9 nitrogen and oxygen atoms in total. The van der Waals surface area contributed by atoms with E-state index in [1.54, 1.807) is 6.92 Å². The maximum atomic E-state index is 12.9. The van der Waals surface area contributed by atoms with E-state index < -0.39 is 35.5 Å². The first-order valence-corrected chi connectivity index (χ1v) is 9.62. The van der Waals surface area contributed by atoms with Gasteiger partial charge in [0.2, 0.25) is 0 Å². The number of aromatic nitrogens is 2. The van der Waals surface area contributed by atoms with Crippen LogP contribution >= 0.6 is 0 Å². The first-order chi connectivity index (χ1) is 14.3. The van der Waals surface area contributed by atoms with Crippen molar-refractivity contribution in [2.75, 3.05) is 13.2 Å². The summed E-state index contributed by atoms with van der Waals surface area (Å²) in [5, 5.41) is 21.8. The topological polar surface area (TPSA) is 123 Å². The van der Waals surface area contributed by atoms with E-state index in [2.05, 4.69) is 5.32 Å². The molecule has 1 aliphatic rings. The van der Waals surface area contributed by atoms with Crippen LogP contribution in [0, 0.1) is 12.7 Å². The first kappa shape index (κ1) is 21.9. The number of nitrogens with zero attached hydrogens (tertiary/aromatic N) is 2. The number of hydrogen-bond donors (Lipinski definition) is 3. The van der Waals surface area contributed by atoms with Crippen LogP contribution in [0.3, 0.4) is 0 Å². The predicted octanol–water partition coefficient (Wildman–Crippen LogP) is -0.0817. The lowest BCUT2D eigenvalue weighted by Crippen LogP contribution is -2.42. The number of rotatable bonds is 7. The zero-order chi connectivity index (χ0) is 21.8. The third-order valence-electron chi connectivity index (χ3n) is 5.01. The number of carbonyl (C=O) groups excluding carboxylic acids is 1. The Morgan fingerprint density at radius 2 is 2.00 bits per heavy atom. The molecule has 10 heteroatoms. The average molecular weight is 421 g/mol. The van der Waals surface area contributed by atoms with Crippen molar-refractivity contribution >= 4 is 5.91 Å². The highest BCUT2D eigenvalue weighted by Gasteiger charge is 2.35. The second-order valence-corrected chi connectivity index (χ2v) is 7.19. The van der Waals surface area contributed by atoms with Crippen LogP contribution in [0.1, 0.15) is 35.0 Å². The zero-order valence-electron chi connectivity index (χ0n) is 16.5. The molecule has 0 radical (unpaired) electrons. The Morgan fingerprint density at radius 3 is 2.63 bits per heavy atom. The summed E-state index contributed by atoms with van der Waals surface area (Å²) in [4.78, 5) is 37.3. The molecule has 0 aliphatic carbocycles. The van der Waals surface area contributed by atoms with Gasteiger partial charge in [0.05, 0.1) is 12.7 Å². The number of benzene rings is 1. The monoisotopic (exact) mass is 421 g/mol. The van der Waals surface area contributed by atoms with Crippen molar-refractivity contribution in [1.29, 1.82) is 0 Å². The van der Waals surface area contributed by atoms with Crippen LogP contribution in [0.25, 0.3) is 0 Å². The molecule has 1 amide bonds. The number of aryl methyl sites for hydroxylation is 1. The lowest BCUT2D eigenvalue weighted by atomic mass is 10.2. The Labute approximate surface area is 171 Å². The van der Waals surface area contributed by atoms with Crippen LogP contribution < -0.4 is 16.6 Å². The molecule has 0 unspecified atom stereocenters. The number of amides is 1. The van der Waals surface area contributed by atoms with E-state index in [1.165, 1.54) is 35.0 Å². The van der Waals surface area contributed by atoms with Gasteiger partial charge in [-0.15, -0.1) is 0 Å². The Bertz CT molecular complexity index is 1020. The normalized spacial score (nSPS) is 21.0. The van der Waals surface area contributed by atoms with Gasteiger partial charge < -0.3 is 20.3 Å². The summed E-state index contributed by atoms with van der Waals surface area (Å²) in [7, 11) is 0. The molecule has 2 aromatic rings. The van der Waals surface area contributed by atoms with Crippen LogP contribution in [-0.2, 0) is 11.3 Å². The standard InChI is InChI=1S/C20H24FN3O6/c1-12-10-24(17-9-15(26)16(11-25)30-17)20(29)23(19(12)28)8-2-7-22-18(27)13-3-5-14(21)6-4-13/h3-6,10,15-17,25-26H,2,7-9,11H2,1H3,(H,22,27)/t15-,16+,17+/m0/s1/i21+0. The van der Waals surface area contributed by atoms with E-state index in [1.807, 2.05) is 0 Å². The number of halogens is 1. The molecule has 0 saturated carbocycles. The molecule has 162 valence electrons. The summed E-state index contributed by atoms with van der Waals surface area (Å²) in [5.41, 5.74) is -0.401. The number of aliphatic hydroxyl groups is 2. The van der Waals surface area contributed by atoms with Gasteiger partial charge in [-0.3, -0.25) is 18.7 Å². The predicted molar refractivity (Wildman–Crippen MR) is 105 cm³/mol. The fourth-order valence-electron chi connectivity index (χ4n) is 3.35. The molecule has 1 aromatic carbocycles. The minimum Gasteiger partial charge on any atom is -0.394 e. The van der Waals surface area contributed by atoms with E-state index in [-0.39, 0.29) is 32.0 Å². The maximum absolute atomic E-state index is 12.9. The summed E-state index contributed by atoms with van der Waals surface area (Å²) in [5.74, 6) is -0.821. The Hall–Kier alpha value is -2.82. The van der Waals surface area contributed by atoms with Crippen molar-refractivity contribution in [1.82, 2.24) is 14.5 Å². The fraction of sp³-hybridized carbons (Fsp3) is 0.450. The number of aliphatic hydroxyl groups excluding tert-OH is 2. The van der Waals surface area contributed by atoms with Gasteiger partial charge in [0.25, 0.3) is 11.5 Å². The highest BCUT2D eigenvalue weighted by Crippen LogP contribution is 2.27. The molecule has 1 saturated heterocycles. The quantitative estimate of drug-likeness (QED) is 0.538. The minimum atomic E-state index is -0.908. The second-order valence-electron chi connectivity index (χ2n) is 7.19. The summed E-state index contributed by atoms with van der Waals surface area (Å²) >= 11 is 0. The van der Waals surface area contributed by atoms with Gasteiger partial charge in [0.1, 0.15) is 18.1 Å². The van der Waals surface area contributed by atoms with Gasteiger partial charge in [-0.25, -0.2) is 9.18 Å². The summed E-state index contributed by atoms with van der Waals surface area (Å²) < 4.78 is 20.7. The van der Waals surface area contributed by atoms with Gasteiger partial charge in [0, 0.05) is 36.8 Å². The van der Waals surface area contributed by atoms with Crippen LogP contribution in [-0.4, -0.2) is 50.6 Å². The van der Waals surface area contributed by atoms with Crippen molar-refractivity contribution < 1.29 is 24.1 Å². The molecule has 3 N–H and O–H groups in total. The highest BCUT2D eigenvalue weighted by atomic mass is 19.1. The number of nitrogens with one attached hydrogen (secondary N) is 1. The highest BCUT2D eigenvalue weighted by molar-refractivity contribution is 5.94. The van der Waals surface area contributed by atoms with E-state index in [4.69, 9.17) is 4.74 Å². The zero-order valence-corrected chi connectivity index (χ0v) is 16.5. The van der Waals surface area contributed by atoms with E-state index >= 15 is 0 Å². The molecule has 1 aromatic heterocycles. The molecular formula is C20H24FN3O6. The number of carbonyl (C=O) groups is 1. The smallest absolute Gasteiger partial charge is 0.333 e. The molecule has 2 heterocycles. The van der Waals surface area contributed by atoms with Crippen LogP contribution in [0.4, 0.5) is 4.39 Å². The Kier molecular flexibility index (Phi) is 6.80. The SMILES string of the molecule is Cc1cn([C@H]2C[C@H](O)[C@@H](CO)O2)c(=O)n(CCCNC(=O)c2ccc([19F])cc2)c1=O. The molecule has 3 atom stereocenters. The molecule has 0 spiro atoms. The van der Waals surface area contributed by atoms with Gasteiger partial charge in [0.15, 0.2) is 0 Å². The van der Waals surface area contributed by atoms with Crippen molar-refractivity contribution in [3.05, 3.63) is 68.2 Å². The molecule has 30 heavy (non-hydrogen) atoms. The van der Waals surface area contributed by atoms with Crippen molar-refractivity contribution in [2.24, 2.45) is 0 Å². The first-order valence-electron chi connectivity index (χ1n) is 9.62. The van der Waals surface area contributed by atoms with Crippen LogP contribution in [0.5, 0.6) is 0 Å². The minimum absolute atomic E-state index is 0.0712. The van der Waals surface area contributed by atoms with Crippen LogP contribution in [0.15, 0.2) is 40.1 Å². The molecule has 0 bridgehead atoms. The lowest BCUT2D eigenvalue weighted by Gasteiger charge is -2.17. The summed E-state index contributed by atoms with van der Waals surface area (Å²) in [6, 6.07) is 5.11. The Balaban J connectivity index is 1.66. The molecular weight excluding hydrogens is 397 g/mol. The summed E-state index contributed by atoms with van der Waals surface area (Å²) in [6.45, 7) is 1.47. The van der Waals surface area contributed by atoms with Crippen LogP contribution in [0.2, 0.25) is 0 Å². The largest absolute Gasteiger partial charge is 0.394 e. The van der Waals surface area contributed by atoms with E-state index in [9.17, 15) is 29.0 Å². The number of hydrogen-bond acceptors (Lipinski definition) is 6. The molecule has 1 aliphatic heterocycles. The molecule has 1 fully saturated rings. The van der Waals surface area contributed by atoms with Gasteiger partial charge in [-0.2, -0.15) is 0 Å². The summed E-state index contributed by atoms with van der Waals surface area (Å²) in [6.07, 6.45) is -0.656. The third-order valence-corrected chi connectivity index (χ3v) is 5.01. The van der Waals surface area contributed by atoms with E-state index in [0.29, 0.717) is 17.5 Å². The van der Waals surface area contributed by atoms with Crippen molar-refractivity contribution in [3.63, 3.8) is 0 Å². The Morgan fingerprint density at radius 1 is 1.30 bits per heavy atom. The van der Waals surface area contributed by atoms with Gasteiger partial charge >= 0.3 is 5.69 Å². The van der Waals surface area contributed by atoms with Crippen molar-refractivity contribution in [2.45, 2.75) is 44.7 Å². The number of ether oxygens (including phenoxy) is 1. The average Bonchev–Trinajstić information content (AvgIpc) is 3.10. The third kappa shape index (κ3) is 4.66.